The van der Waals surface area contributed by atoms with E-state index in [1.54, 1.807) is 13.0 Å². The number of aromatic nitrogens is 2. The predicted octanol–water partition coefficient (Wildman–Crippen LogP) is 3.36. The minimum absolute atomic E-state index is 0.347. The summed E-state index contributed by atoms with van der Waals surface area (Å²) in [6, 6.07) is 5.48. The molecule has 1 aromatic heterocycles. The van der Waals surface area contributed by atoms with Crippen LogP contribution in [0.4, 0.5) is 9.52 Å². The first-order chi connectivity index (χ1) is 10.6. The third-order valence-corrected chi connectivity index (χ3v) is 4.42. The topological polar surface area (TPSA) is 64.1 Å². The van der Waals surface area contributed by atoms with Crippen LogP contribution in [0.1, 0.15) is 6.92 Å². The molecule has 0 aliphatic rings. The van der Waals surface area contributed by atoms with Crippen LogP contribution in [0.3, 0.4) is 0 Å². The van der Waals surface area contributed by atoms with Gasteiger partial charge in [0.15, 0.2) is 10.4 Å². The van der Waals surface area contributed by atoms with E-state index < -0.39 is 6.10 Å². The van der Waals surface area contributed by atoms with Crippen LogP contribution in [0, 0.1) is 5.82 Å². The van der Waals surface area contributed by atoms with E-state index in [-0.39, 0.29) is 11.7 Å². The van der Waals surface area contributed by atoms with E-state index in [0.717, 1.165) is 10.1 Å². The predicted molar refractivity (Wildman–Crippen MR) is 85.9 cm³/mol. The maximum atomic E-state index is 12.8. The summed E-state index contributed by atoms with van der Waals surface area (Å²) < 4.78 is 19.0. The molecule has 2 rings (SSSR count). The van der Waals surface area contributed by atoms with Gasteiger partial charge in [0.05, 0.1) is 0 Å². The first kappa shape index (κ1) is 16.4. The molecule has 0 saturated carbocycles. The summed E-state index contributed by atoms with van der Waals surface area (Å²) in [7, 11) is 0. The molecule has 0 aliphatic heterocycles. The zero-order valence-electron chi connectivity index (χ0n) is 11.8. The Kier molecular flexibility index (Phi) is 5.91. The van der Waals surface area contributed by atoms with Crippen molar-refractivity contribution in [3.63, 3.8) is 0 Å². The fraction of sp³-hybridized carbons (Fsp3) is 0.214. The molecule has 0 aliphatic carbocycles. The summed E-state index contributed by atoms with van der Waals surface area (Å²) in [5, 5.41) is 10.9. The largest absolute Gasteiger partial charge is 0.481 e. The number of halogens is 1. The summed E-state index contributed by atoms with van der Waals surface area (Å²) in [6.45, 7) is 5.23. The molecule has 0 saturated heterocycles. The standard InChI is InChI=1S/C14H14FN3O2S2/c1-3-8-21-14-18-17-13(22-14)16-12(19)9(2)20-11-6-4-10(15)5-7-11/h3-7,9H,1,8H2,2H3,(H,16,17,19)/t9-/m0/s1. The molecule has 1 atom stereocenters. The van der Waals surface area contributed by atoms with E-state index in [1.807, 2.05) is 0 Å². The van der Waals surface area contributed by atoms with Crippen molar-refractivity contribution in [2.24, 2.45) is 0 Å². The highest BCUT2D eigenvalue weighted by atomic mass is 32.2. The van der Waals surface area contributed by atoms with E-state index >= 15 is 0 Å². The van der Waals surface area contributed by atoms with Gasteiger partial charge in [-0.2, -0.15) is 0 Å². The Morgan fingerprint density at radius 1 is 1.50 bits per heavy atom. The van der Waals surface area contributed by atoms with Gasteiger partial charge in [0, 0.05) is 5.75 Å². The zero-order chi connectivity index (χ0) is 15.9. The fourth-order valence-corrected chi connectivity index (χ4v) is 2.94. The number of hydrogen-bond donors (Lipinski definition) is 1. The molecule has 116 valence electrons. The van der Waals surface area contributed by atoms with E-state index in [4.69, 9.17) is 4.74 Å². The van der Waals surface area contributed by atoms with Gasteiger partial charge in [0.2, 0.25) is 5.13 Å². The third-order valence-electron chi connectivity index (χ3n) is 2.46. The molecule has 22 heavy (non-hydrogen) atoms. The SMILES string of the molecule is C=CCSc1nnc(NC(=O)[C@H](C)Oc2ccc(F)cc2)s1. The van der Waals surface area contributed by atoms with Gasteiger partial charge in [-0.3, -0.25) is 10.1 Å². The van der Waals surface area contributed by atoms with E-state index in [2.05, 4.69) is 22.1 Å². The van der Waals surface area contributed by atoms with Crippen molar-refractivity contribution in [1.82, 2.24) is 10.2 Å². The van der Waals surface area contributed by atoms with Crippen LogP contribution in [0.25, 0.3) is 0 Å². The minimum atomic E-state index is -0.737. The average molecular weight is 339 g/mol. The van der Waals surface area contributed by atoms with Crippen molar-refractivity contribution in [3.05, 3.63) is 42.7 Å². The van der Waals surface area contributed by atoms with E-state index in [1.165, 1.54) is 47.4 Å². The quantitative estimate of drug-likeness (QED) is 0.476. The lowest BCUT2D eigenvalue weighted by Crippen LogP contribution is -2.30. The number of rotatable bonds is 7. The van der Waals surface area contributed by atoms with Gasteiger partial charge in [-0.05, 0) is 31.2 Å². The van der Waals surface area contributed by atoms with Crippen molar-refractivity contribution in [2.45, 2.75) is 17.4 Å². The van der Waals surface area contributed by atoms with Crippen molar-refractivity contribution < 1.29 is 13.9 Å². The molecule has 5 nitrogen and oxygen atoms in total. The number of nitrogens with one attached hydrogen (secondary N) is 1. The van der Waals surface area contributed by atoms with Crippen LogP contribution >= 0.6 is 23.1 Å². The summed E-state index contributed by atoms with van der Waals surface area (Å²) >= 11 is 2.77. The van der Waals surface area contributed by atoms with Crippen LogP contribution in [-0.2, 0) is 4.79 Å². The third kappa shape index (κ3) is 4.81. The molecular formula is C14H14FN3O2S2. The first-order valence-corrected chi connectivity index (χ1v) is 8.19. The lowest BCUT2D eigenvalue weighted by Gasteiger charge is -2.13. The molecular weight excluding hydrogens is 325 g/mol. The van der Waals surface area contributed by atoms with Crippen molar-refractivity contribution in [2.75, 3.05) is 11.1 Å². The second-order valence-corrected chi connectivity index (χ2v) is 6.42. The van der Waals surface area contributed by atoms with Gasteiger partial charge in [-0.15, -0.1) is 16.8 Å². The maximum absolute atomic E-state index is 12.8. The van der Waals surface area contributed by atoms with Crippen LogP contribution < -0.4 is 10.1 Å². The van der Waals surface area contributed by atoms with E-state index in [9.17, 15) is 9.18 Å². The molecule has 1 N–H and O–H groups in total. The number of anilines is 1. The summed E-state index contributed by atoms with van der Waals surface area (Å²) in [4.78, 5) is 12.0. The Hall–Kier alpha value is -1.93. The number of amides is 1. The highest BCUT2D eigenvalue weighted by molar-refractivity contribution is 8.01. The monoisotopic (exact) mass is 339 g/mol. The lowest BCUT2D eigenvalue weighted by molar-refractivity contribution is -0.122. The Bertz CT molecular complexity index is 646. The van der Waals surface area contributed by atoms with Crippen LogP contribution in [0.2, 0.25) is 0 Å². The van der Waals surface area contributed by atoms with Gasteiger partial charge < -0.3 is 4.74 Å². The number of ether oxygens (including phenoxy) is 1. The summed E-state index contributed by atoms with van der Waals surface area (Å²) in [5.41, 5.74) is 0. The van der Waals surface area contributed by atoms with Gasteiger partial charge in [0.1, 0.15) is 11.6 Å². The molecule has 8 heteroatoms. The van der Waals surface area contributed by atoms with Gasteiger partial charge >= 0.3 is 0 Å². The molecule has 0 fully saturated rings. The Labute approximate surface area is 135 Å². The Morgan fingerprint density at radius 2 is 2.23 bits per heavy atom. The summed E-state index contributed by atoms with van der Waals surface area (Å²) in [5.74, 6) is 0.444. The number of hydrogen-bond acceptors (Lipinski definition) is 6. The summed E-state index contributed by atoms with van der Waals surface area (Å²) in [6.07, 6.45) is 1.03. The molecule has 1 amide bonds. The molecule has 1 heterocycles. The average Bonchev–Trinajstić information content (AvgIpc) is 2.95. The highest BCUT2D eigenvalue weighted by Crippen LogP contribution is 2.25. The van der Waals surface area contributed by atoms with Gasteiger partial charge in [0.25, 0.3) is 5.91 Å². The molecule has 0 unspecified atom stereocenters. The number of carbonyl (C=O) groups excluding carboxylic acids is 1. The fourth-order valence-electron chi connectivity index (χ4n) is 1.43. The normalized spacial score (nSPS) is 11.7. The van der Waals surface area contributed by atoms with E-state index in [0.29, 0.717) is 10.9 Å². The zero-order valence-corrected chi connectivity index (χ0v) is 13.4. The van der Waals surface area contributed by atoms with Crippen LogP contribution in [-0.4, -0.2) is 28.0 Å². The number of benzene rings is 1. The minimum Gasteiger partial charge on any atom is -0.481 e. The molecule has 0 radical (unpaired) electrons. The van der Waals surface area contributed by atoms with Crippen molar-refractivity contribution in [1.29, 1.82) is 0 Å². The maximum Gasteiger partial charge on any atom is 0.266 e. The van der Waals surface area contributed by atoms with Gasteiger partial charge in [-0.25, -0.2) is 4.39 Å². The molecule has 0 bridgehead atoms. The number of nitrogens with zero attached hydrogens (tertiary/aromatic N) is 2. The smallest absolute Gasteiger partial charge is 0.266 e. The van der Waals surface area contributed by atoms with Crippen molar-refractivity contribution in [3.8, 4) is 5.75 Å². The Morgan fingerprint density at radius 3 is 2.91 bits per heavy atom. The van der Waals surface area contributed by atoms with Crippen LogP contribution in [0.15, 0.2) is 41.3 Å². The second-order valence-electron chi connectivity index (χ2n) is 4.18. The number of carbonyl (C=O) groups is 1. The van der Waals surface area contributed by atoms with Crippen LogP contribution in [0.5, 0.6) is 5.75 Å². The number of thioether (sulfide) groups is 1. The van der Waals surface area contributed by atoms with Crippen molar-refractivity contribution >= 4 is 34.1 Å². The second kappa shape index (κ2) is 7.90. The highest BCUT2D eigenvalue weighted by Gasteiger charge is 2.17. The molecule has 0 spiro atoms. The first-order valence-electron chi connectivity index (χ1n) is 6.39. The molecule has 1 aromatic carbocycles. The Balaban J connectivity index is 1.89. The molecule has 2 aromatic rings. The van der Waals surface area contributed by atoms with Gasteiger partial charge in [-0.1, -0.05) is 29.2 Å². The lowest BCUT2D eigenvalue weighted by atomic mass is 10.3.